The van der Waals surface area contributed by atoms with E-state index in [1.807, 2.05) is 42.5 Å². The summed E-state index contributed by atoms with van der Waals surface area (Å²) >= 11 is 1.41. The topological polar surface area (TPSA) is 135 Å². The second-order valence-corrected chi connectivity index (χ2v) is 15.0. The molecule has 1 aliphatic heterocycles. The van der Waals surface area contributed by atoms with Crippen LogP contribution in [-0.2, 0) is 21.4 Å². The number of amides is 2. The number of hydrogen-bond donors (Lipinski definition) is 2. The number of thiophene rings is 1. The Kier molecular flexibility index (Phi) is 12.3. The molecular weight excluding hydrogens is 651 g/mol. The van der Waals surface area contributed by atoms with Crippen molar-refractivity contribution in [2.75, 3.05) is 19.7 Å². The Morgan fingerprint density at radius 2 is 1.68 bits per heavy atom. The lowest BCUT2D eigenvalue weighted by Crippen LogP contribution is -2.49. The average molecular weight is 698 g/mol. The van der Waals surface area contributed by atoms with E-state index >= 15 is 0 Å². The van der Waals surface area contributed by atoms with Crippen LogP contribution in [0.3, 0.4) is 0 Å². The van der Waals surface area contributed by atoms with Crippen LogP contribution in [0.5, 0.6) is 5.75 Å². The van der Waals surface area contributed by atoms with Crippen LogP contribution in [0, 0.1) is 5.92 Å². The minimum absolute atomic E-state index is 0.101. The molecule has 1 fully saturated rings. The van der Waals surface area contributed by atoms with Gasteiger partial charge in [0.05, 0.1) is 29.3 Å². The Morgan fingerprint density at radius 3 is 2.30 bits per heavy atom. The van der Waals surface area contributed by atoms with Crippen molar-refractivity contribution in [1.29, 1.82) is 0 Å². The number of carboxylic acids is 1. The van der Waals surface area contributed by atoms with Gasteiger partial charge < -0.3 is 20.1 Å². The lowest BCUT2D eigenvalue weighted by atomic mass is 9.95. The average Bonchev–Trinajstić information content (AvgIpc) is 3.82. The smallest absolute Gasteiger partial charge is 0.308 e. The molecule has 11 heteroatoms. The highest BCUT2D eigenvalue weighted by atomic mass is 32.1. The summed E-state index contributed by atoms with van der Waals surface area (Å²) < 4.78 is 5.83. The first-order chi connectivity index (χ1) is 24.0. The third kappa shape index (κ3) is 9.74. The van der Waals surface area contributed by atoms with Gasteiger partial charge in [-0.2, -0.15) is 0 Å². The molecule has 0 aliphatic carbocycles. The molecule has 0 spiro atoms. The quantitative estimate of drug-likeness (QED) is 0.125. The highest BCUT2D eigenvalue weighted by Crippen LogP contribution is 2.30. The predicted molar refractivity (Wildman–Crippen MR) is 195 cm³/mol. The molecule has 2 atom stereocenters. The molecule has 3 aromatic heterocycles. The van der Waals surface area contributed by atoms with E-state index in [1.54, 1.807) is 29.6 Å². The molecule has 50 heavy (non-hydrogen) atoms. The van der Waals surface area contributed by atoms with Crippen LogP contribution >= 0.6 is 11.3 Å². The van der Waals surface area contributed by atoms with Crippen LogP contribution in [0.25, 0.3) is 22.6 Å². The minimum Gasteiger partial charge on any atom is -0.492 e. The van der Waals surface area contributed by atoms with Gasteiger partial charge >= 0.3 is 5.97 Å². The number of likely N-dealkylation sites (tertiary alicyclic amines) is 1. The van der Waals surface area contributed by atoms with E-state index < -0.39 is 17.9 Å². The number of pyridine rings is 1. The normalized spacial score (nSPS) is 15.1. The SMILES string of the molecule is CCCCCCCOc1ccc(-c2cnc(-c3ccc(C[C@H](NC(=O)c4ccc(C(C)(C)C)s4)C(=O)N4CC[C@H](C(=O)O)C4)cc3)nc2)nc1. The first kappa shape index (κ1) is 36.6. The molecule has 264 valence electrons. The second-order valence-electron chi connectivity index (χ2n) is 13.9. The van der Waals surface area contributed by atoms with E-state index in [4.69, 9.17) is 4.74 Å². The second kappa shape index (κ2) is 16.8. The number of carbonyl (C=O) groups is 3. The number of carboxylic acid groups (broad SMARTS) is 1. The number of nitrogens with one attached hydrogen (secondary N) is 1. The number of unbranched alkanes of at least 4 members (excludes halogenated alkanes) is 4. The number of aliphatic carboxylic acids is 1. The van der Waals surface area contributed by atoms with Gasteiger partial charge in [0.25, 0.3) is 5.91 Å². The molecule has 1 saturated heterocycles. The molecule has 1 aromatic carbocycles. The number of ether oxygens (including phenoxy) is 1. The minimum atomic E-state index is -0.914. The summed E-state index contributed by atoms with van der Waals surface area (Å²) in [4.78, 5) is 55.4. The van der Waals surface area contributed by atoms with Crippen molar-refractivity contribution >= 4 is 29.1 Å². The van der Waals surface area contributed by atoms with Crippen molar-refractivity contribution in [3.63, 3.8) is 0 Å². The Morgan fingerprint density at radius 1 is 0.940 bits per heavy atom. The van der Waals surface area contributed by atoms with Gasteiger partial charge in [-0.3, -0.25) is 19.4 Å². The number of rotatable bonds is 15. The Hall–Kier alpha value is -4.64. The van der Waals surface area contributed by atoms with Crippen LogP contribution in [0.2, 0.25) is 0 Å². The van der Waals surface area contributed by atoms with Gasteiger partial charge in [0.15, 0.2) is 5.82 Å². The lowest BCUT2D eigenvalue weighted by molar-refractivity contribution is -0.141. The fourth-order valence-corrected chi connectivity index (χ4v) is 6.81. The largest absolute Gasteiger partial charge is 0.492 e. The lowest BCUT2D eigenvalue weighted by Gasteiger charge is -2.24. The van der Waals surface area contributed by atoms with Crippen LogP contribution in [0.4, 0.5) is 0 Å². The van der Waals surface area contributed by atoms with Crippen molar-refractivity contribution in [3.8, 4) is 28.4 Å². The van der Waals surface area contributed by atoms with Crippen LogP contribution in [0.15, 0.2) is 67.1 Å². The molecule has 0 saturated carbocycles. The molecule has 0 unspecified atom stereocenters. The maximum absolute atomic E-state index is 13.7. The summed E-state index contributed by atoms with van der Waals surface area (Å²) in [5.41, 5.74) is 3.09. The van der Waals surface area contributed by atoms with Crippen molar-refractivity contribution in [2.45, 2.75) is 84.1 Å². The zero-order valence-electron chi connectivity index (χ0n) is 29.4. The predicted octanol–water partition coefficient (Wildman–Crippen LogP) is 7.19. The van der Waals surface area contributed by atoms with E-state index in [1.165, 1.54) is 37.0 Å². The monoisotopic (exact) mass is 697 g/mol. The molecule has 2 amide bonds. The van der Waals surface area contributed by atoms with Gasteiger partial charge in [-0.1, -0.05) is 77.6 Å². The number of carbonyl (C=O) groups excluding carboxylic acids is 2. The number of aromatic nitrogens is 3. The first-order valence-electron chi connectivity index (χ1n) is 17.4. The fraction of sp³-hybridized carbons (Fsp3) is 0.436. The summed E-state index contributed by atoms with van der Waals surface area (Å²) in [7, 11) is 0. The van der Waals surface area contributed by atoms with E-state index in [-0.39, 0.29) is 30.2 Å². The summed E-state index contributed by atoms with van der Waals surface area (Å²) in [6.45, 7) is 9.63. The summed E-state index contributed by atoms with van der Waals surface area (Å²) in [6.07, 6.45) is 11.8. The molecule has 5 rings (SSSR count). The van der Waals surface area contributed by atoms with Crippen molar-refractivity contribution < 1.29 is 24.2 Å². The third-order valence-corrected chi connectivity index (χ3v) is 10.4. The molecule has 0 bridgehead atoms. The van der Waals surface area contributed by atoms with Gasteiger partial charge in [-0.15, -0.1) is 11.3 Å². The first-order valence-corrected chi connectivity index (χ1v) is 18.3. The molecule has 10 nitrogen and oxygen atoms in total. The molecule has 1 aliphatic rings. The van der Waals surface area contributed by atoms with E-state index in [0.29, 0.717) is 30.3 Å². The Bertz CT molecular complexity index is 1730. The van der Waals surface area contributed by atoms with Gasteiger partial charge in [-0.05, 0) is 48.1 Å². The van der Waals surface area contributed by atoms with Crippen LogP contribution in [-0.4, -0.2) is 68.5 Å². The van der Waals surface area contributed by atoms with Crippen molar-refractivity contribution in [2.24, 2.45) is 5.92 Å². The number of nitrogens with zero attached hydrogens (tertiary/aromatic N) is 4. The maximum Gasteiger partial charge on any atom is 0.308 e. The van der Waals surface area contributed by atoms with Crippen LogP contribution < -0.4 is 10.1 Å². The molecule has 0 radical (unpaired) electrons. The van der Waals surface area contributed by atoms with Gasteiger partial charge in [-0.25, -0.2) is 9.97 Å². The summed E-state index contributed by atoms with van der Waals surface area (Å²) in [6, 6.07) is 14.3. The Balaban J connectivity index is 1.23. The zero-order valence-corrected chi connectivity index (χ0v) is 30.2. The fourth-order valence-electron chi connectivity index (χ4n) is 5.84. The highest BCUT2D eigenvalue weighted by Gasteiger charge is 2.35. The zero-order chi connectivity index (χ0) is 35.7. The summed E-state index contributed by atoms with van der Waals surface area (Å²) in [5.74, 6) is -0.829. The molecule has 2 N–H and O–H groups in total. The molecular formula is C39H47N5O5S. The van der Waals surface area contributed by atoms with E-state index in [0.717, 1.165) is 39.4 Å². The van der Waals surface area contributed by atoms with Crippen LogP contribution in [0.1, 0.15) is 86.3 Å². The highest BCUT2D eigenvalue weighted by molar-refractivity contribution is 7.14. The van der Waals surface area contributed by atoms with Gasteiger partial charge in [0.1, 0.15) is 11.8 Å². The maximum atomic E-state index is 13.7. The van der Waals surface area contributed by atoms with E-state index in [9.17, 15) is 19.5 Å². The Labute approximate surface area is 298 Å². The number of hydrogen-bond acceptors (Lipinski definition) is 8. The van der Waals surface area contributed by atoms with E-state index in [2.05, 4.69) is 48.0 Å². The van der Waals surface area contributed by atoms with Gasteiger partial charge in [0.2, 0.25) is 5.91 Å². The number of benzene rings is 1. The third-order valence-electron chi connectivity index (χ3n) is 8.87. The van der Waals surface area contributed by atoms with Gasteiger partial charge in [0, 0.05) is 47.9 Å². The molecule has 4 heterocycles. The standard InChI is InChI=1S/C39H47N5O5S/c1-5-6-7-8-9-20-49-30-14-15-31(40-24-30)29-22-41-35(42-23-29)27-12-10-26(11-13-27)21-32(37(46)44-19-18-28(25-44)38(47)48)43-36(45)33-16-17-34(50-33)39(2,3)4/h10-17,22-24,28,32H,5-9,18-21,25H2,1-4H3,(H,43,45)(H,47,48)/t28-,32-/m0/s1. The van der Waals surface area contributed by atoms with Crippen molar-refractivity contribution in [1.82, 2.24) is 25.2 Å². The molecule has 4 aromatic rings. The summed E-state index contributed by atoms with van der Waals surface area (Å²) in [5, 5.41) is 12.4. The van der Waals surface area contributed by atoms with Crippen molar-refractivity contribution in [3.05, 3.63) is 82.4 Å².